The summed E-state index contributed by atoms with van der Waals surface area (Å²) in [6.45, 7) is 0.708. The van der Waals surface area contributed by atoms with Crippen molar-refractivity contribution in [2.45, 2.75) is 17.9 Å². The summed E-state index contributed by atoms with van der Waals surface area (Å²) in [4.78, 5) is 2.12. The van der Waals surface area contributed by atoms with Crippen molar-refractivity contribution in [1.29, 1.82) is 0 Å². The lowest BCUT2D eigenvalue weighted by atomic mass is 9.70. The van der Waals surface area contributed by atoms with Gasteiger partial charge in [-0.1, -0.05) is 90.5 Å². The summed E-state index contributed by atoms with van der Waals surface area (Å²) in [5.74, 6) is 0.345. The van der Waals surface area contributed by atoms with Crippen molar-refractivity contribution >= 4 is 33.1 Å². The van der Waals surface area contributed by atoms with E-state index in [9.17, 15) is 5.11 Å². The molecule has 0 radical (unpaired) electrons. The molecule has 3 nitrogen and oxygen atoms in total. The normalized spacial score (nSPS) is 14.1. The van der Waals surface area contributed by atoms with E-state index >= 15 is 0 Å². The molecule has 0 spiro atoms. The molecule has 0 bridgehead atoms. The SMILES string of the molecule is COc1cc2ccccc2cc1C(c1ccc(Cl)cc1)C(O)(CCN(C)C)c1cccc2ccccc12. The molecule has 0 heterocycles. The van der Waals surface area contributed by atoms with Crippen molar-refractivity contribution < 1.29 is 9.84 Å². The number of benzene rings is 5. The molecule has 5 aromatic carbocycles. The van der Waals surface area contributed by atoms with E-state index in [4.69, 9.17) is 16.3 Å². The third kappa shape index (κ3) is 4.95. The molecule has 1 N–H and O–H groups in total. The van der Waals surface area contributed by atoms with E-state index in [-0.39, 0.29) is 0 Å². The van der Waals surface area contributed by atoms with Gasteiger partial charge in [-0.05, 0) is 77.5 Å². The number of ether oxygens (including phenoxy) is 1. The average Bonchev–Trinajstić information content (AvgIpc) is 2.92. The minimum Gasteiger partial charge on any atom is -0.496 e. The molecule has 2 unspecified atom stereocenters. The highest BCUT2D eigenvalue weighted by atomic mass is 35.5. The fourth-order valence-corrected chi connectivity index (χ4v) is 5.56. The molecule has 0 saturated heterocycles. The minimum atomic E-state index is -1.24. The summed E-state index contributed by atoms with van der Waals surface area (Å²) in [6, 6.07) is 34.8. The molecule has 188 valence electrons. The first-order valence-corrected chi connectivity index (χ1v) is 13.0. The first-order chi connectivity index (χ1) is 17.9. The number of rotatable bonds is 8. The second-order valence-corrected chi connectivity index (χ2v) is 10.4. The number of methoxy groups -OCH3 is 1. The van der Waals surface area contributed by atoms with Crippen LogP contribution in [0.2, 0.25) is 5.02 Å². The van der Waals surface area contributed by atoms with Crippen molar-refractivity contribution in [3.63, 3.8) is 0 Å². The number of fused-ring (bicyclic) bond motifs is 2. The lowest BCUT2D eigenvalue weighted by Crippen LogP contribution is -2.38. The van der Waals surface area contributed by atoms with Crippen LogP contribution in [0.25, 0.3) is 21.5 Å². The van der Waals surface area contributed by atoms with E-state index in [1.165, 1.54) is 0 Å². The van der Waals surface area contributed by atoms with Crippen molar-refractivity contribution in [1.82, 2.24) is 4.90 Å². The number of halogens is 1. The molecule has 0 aliphatic rings. The Hall–Kier alpha value is -3.37. The van der Waals surface area contributed by atoms with Gasteiger partial charge >= 0.3 is 0 Å². The van der Waals surface area contributed by atoms with Crippen molar-refractivity contribution in [3.8, 4) is 5.75 Å². The fraction of sp³-hybridized carbons (Fsp3) is 0.212. The summed E-state index contributed by atoms with van der Waals surface area (Å²) < 4.78 is 5.98. The number of hydrogen-bond donors (Lipinski definition) is 1. The topological polar surface area (TPSA) is 32.7 Å². The van der Waals surface area contributed by atoms with Gasteiger partial charge in [-0.2, -0.15) is 0 Å². The van der Waals surface area contributed by atoms with Crippen LogP contribution in [0.4, 0.5) is 0 Å². The first-order valence-electron chi connectivity index (χ1n) is 12.6. The summed E-state index contributed by atoms with van der Waals surface area (Å²) >= 11 is 6.32. The van der Waals surface area contributed by atoms with E-state index in [0.29, 0.717) is 18.0 Å². The van der Waals surface area contributed by atoms with Crippen LogP contribution in [-0.4, -0.2) is 37.8 Å². The molecule has 0 amide bonds. The smallest absolute Gasteiger partial charge is 0.123 e. The third-order valence-corrected chi connectivity index (χ3v) is 7.54. The molecule has 0 aliphatic carbocycles. The zero-order chi connectivity index (χ0) is 26.0. The molecular weight excluding hydrogens is 478 g/mol. The molecule has 0 saturated carbocycles. The Morgan fingerprint density at radius 3 is 2.11 bits per heavy atom. The largest absolute Gasteiger partial charge is 0.496 e. The van der Waals surface area contributed by atoms with Crippen molar-refractivity contribution in [2.24, 2.45) is 0 Å². The van der Waals surface area contributed by atoms with Gasteiger partial charge in [-0.3, -0.25) is 0 Å². The first kappa shape index (κ1) is 25.3. The highest BCUT2D eigenvalue weighted by Gasteiger charge is 2.42. The minimum absolute atomic E-state index is 0.407. The number of hydrogen-bond acceptors (Lipinski definition) is 3. The van der Waals surface area contributed by atoms with Crippen LogP contribution in [0.15, 0.2) is 103 Å². The second kappa shape index (κ2) is 10.5. The molecule has 0 aromatic heterocycles. The molecule has 0 fully saturated rings. The summed E-state index contributed by atoms with van der Waals surface area (Å²) in [7, 11) is 5.78. The molecule has 2 atom stereocenters. The van der Waals surface area contributed by atoms with Gasteiger partial charge < -0.3 is 14.7 Å². The molecular formula is C33H32ClNO2. The quantitative estimate of drug-likeness (QED) is 0.233. The Bertz CT molecular complexity index is 1520. The van der Waals surface area contributed by atoms with Crippen LogP contribution >= 0.6 is 11.6 Å². The maximum Gasteiger partial charge on any atom is 0.123 e. The molecule has 4 heteroatoms. The molecule has 5 rings (SSSR count). The average molecular weight is 510 g/mol. The second-order valence-electron chi connectivity index (χ2n) is 9.93. The van der Waals surface area contributed by atoms with Gasteiger partial charge in [0, 0.05) is 23.0 Å². The van der Waals surface area contributed by atoms with Crippen LogP contribution in [0.1, 0.15) is 29.0 Å². The van der Waals surface area contributed by atoms with E-state index in [2.05, 4.69) is 53.4 Å². The molecule has 37 heavy (non-hydrogen) atoms. The van der Waals surface area contributed by atoms with Crippen LogP contribution in [-0.2, 0) is 5.60 Å². The molecule has 0 aliphatic heterocycles. The molecule has 5 aromatic rings. The Kier molecular flexibility index (Phi) is 7.21. The highest BCUT2D eigenvalue weighted by Crippen LogP contribution is 2.49. The Morgan fingerprint density at radius 1 is 0.811 bits per heavy atom. The van der Waals surface area contributed by atoms with Gasteiger partial charge in [-0.25, -0.2) is 0 Å². The summed E-state index contributed by atoms with van der Waals surface area (Å²) in [5.41, 5.74) is 1.59. The van der Waals surface area contributed by atoms with Crippen molar-refractivity contribution in [3.05, 3.63) is 125 Å². The van der Waals surface area contributed by atoms with E-state index < -0.39 is 11.5 Å². The Balaban J connectivity index is 1.84. The number of aliphatic hydroxyl groups is 1. The standard InChI is InChI=1S/C33H32ClNO2/c1-35(2)20-19-33(36,30-14-8-12-23-9-6-7-13-28(23)30)32(24-15-17-27(34)18-16-24)29-21-25-10-4-5-11-26(25)22-31(29)37-3/h4-18,21-22,32,36H,19-20H2,1-3H3. The van der Waals surface area contributed by atoms with Gasteiger partial charge in [-0.15, -0.1) is 0 Å². The third-order valence-electron chi connectivity index (χ3n) is 7.29. The monoisotopic (exact) mass is 509 g/mol. The zero-order valence-electron chi connectivity index (χ0n) is 21.5. The predicted octanol–water partition coefficient (Wildman–Crippen LogP) is 7.63. The summed E-state index contributed by atoms with van der Waals surface area (Å²) in [6.07, 6.45) is 0.525. The Morgan fingerprint density at radius 2 is 1.43 bits per heavy atom. The zero-order valence-corrected chi connectivity index (χ0v) is 22.2. The van der Waals surface area contributed by atoms with Gasteiger partial charge in [0.15, 0.2) is 0 Å². The van der Waals surface area contributed by atoms with E-state index in [0.717, 1.165) is 44.0 Å². The van der Waals surface area contributed by atoms with Crippen LogP contribution < -0.4 is 4.74 Å². The fourth-order valence-electron chi connectivity index (χ4n) is 5.44. The maximum atomic E-state index is 13.0. The predicted molar refractivity (Wildman–Crippen MR) is 155 cm³/mol. The van der Waals surface area contributed by atoms with Crippen LogP contribution in [0.3, 0.4) is 0 Å². The highest BCUT2D eigenvalue weighted by molar-refractivity contribution is 6.30. The lowest BCUT2D eigenvalue weighted by molar-refractivity contribution is 0.00534. The van der Waals surface area contributed by atoms with E-state index in [1.54, 1.807) is 7.11 Å². The van der Waals surface area contributed by atoms with Crippen LogP contribution in [0.5, 0.6) is 5.75 Å². The lowest BCUT2D eigenvalue weighted by Gasteiger charge is -2.40. The van der Waals surface area contributed by atoms with Gasteiger partial charge in [0.25, 0.3) is 0 Å². The van der Waals surface area contributed by atoms with Gasteiger partial charge in [0.05, 0.1) is 7.11 Å². The van der Waals surface area contributed by atoms with Crippen LogP contribution in [0, 0.1) is 0 Å². The maximum absolute atomic E-state index is 13.0. The van der Waals surface area contributed by atoms with Gasteiger partial charge in [0.2, 0.25) is 0 Å². The Labute approximate surface area is 223 Å². The van der Waals surface area contributed by atoms with Gasteiger partial charge in [0.1, 0.15) is 11.4 Å². The summed E-state index contributed by atoms with van der Waals surface area (Å²) in [5, 5.41) is 18.1. The van der Waals surface area contributed by atoms with E-state index in [1.807, 2.05) is 68.7 Å². The van der Waals surface area contributed by atoms with Crippen molar-refractivity contribution in [2.75, 3.05) is 27.7 Å². The number of nitrogens with zero attached hydrogens (tertiary/aromatic N) is 1.